The Morgan fingerprint density at radius 1 is 1.26 bits per heavy atom. The van der Waals surface area contributed by atoms with Crippen LogP contribution >= 0.6 is 0 Å². The fourth-order valence-corrected chi connectivity index (χ4v) is 2.48. The maximum Gasteiger partial charge on any atom is 0.268 e. The van der Waals surface area contributed by atoms with Crippen LogP contribution in [-0.4, -0.2) is 37.7 Å². The zero-order valence-electron chi connectivity index (χ0n) is 11.3. The highest BCUT2D eigenvalue weighted by atomic mass is 16.5. The van der Waals surface area contributed by atoms with Crippen LogP contribution in [0.1, 0.15) is 13.8 Å². The highest BCUT2D eigenvalue weighted by Crippen LogP contribution is 2.40. The molecule has 1 amide bonds. The summed E-state index contributed by atoms with van der Waals surface area (Å²) in [4.78, 5) is 14.3. The van der Waals surface area contributed by atoms with Crippen LogP contribution in [0.15, 0.2) is 18.2 Å². The summed E-state index contributed by atoms with van der Waals surface area (Å²) < 4.78 is 5.81. The van der Waals surface area contributed by atoms with Crippen LogP contribution in [0.4, 0.5) is 11.4 Å². The summed E-state index contributed by atoms with van der Waals surface area (Å²) in [5.41, 5.74) is 1.03. The van der Waals surface area contributed by atoms with Crippen LogP contribution < -0.4 is 20.3 Å². The number of carbonyl (C=O) groups is 1. The van der Waals surface area contributed by atoms with Gasteiger partial charge >= 0.3 is 0 Å². The van der Waals surface area contributed by atoms with E-state index in [0.29, 0.717) is 0 Å². The largest absolute Gasteiger partial charge is 0.476 e. The highest BCUT2D eigenvalue weighted by molar-refractivity contribution is 6.03. The summed E-state index contributed by atoms with van der Waals surface area (Å²) in [6.45, 7) is 7.37. The standard InChI is InChI=1S/C14H19N3O2/c1-14(2)13(18)16-12-10(4-3-5-11(12)19-14)17-8-6-15-7-9-17/h3-5,15H,6-9H2,1-2H3,(H,16,18). The predicted octanol–water partition coefficient (Wildman–Crippen LogP) is 1.21. The number of fused-ring (bicyclic) bond motifs is 1. The van der Waals surface area contributed by atoms with Gasteiger partial charge in [0.1, 0.15) is 11.4 Å². The monoisotopic (exact) mass is 261 g/mol. The van der Waals surface area contributed by atoms with Gasteiger partial charge < -0.3 is 20.3 Å². The van der Waals surface area contributed by atoms with E-state index < -0.39 is 5.60 Å². The fraction of sp³-hybridized carbons (Fsp3) is 0.500. The van der Waals surface area contributed by atoms with Crippen molar-refractivity contribution in [3.8, 4) is 5.75 Å². The van der Waals surface area contributed by atoms with Gasteiger partial charge in [0, 0.05) is 26.2 Å². The van der Waals surface area contributed by atoms with Gasteiger partial charge in [-0.15, -0.1) is 0 Å². The summed E-state index contributed by atoms with van der Waals surface area (Å²) in [5, 5.41) is 6.32. The topological polar surface area (TPSA) is 53.6 Å². The quantitative estimate of drug-likeness (QED) is 0.798. The van der Waals surface area contributed by atoms with Crippen LogP contribution in [0.3, 0.4) is 0 Å². The number of nitrogens with one attached hydrogen (secondary N) is 2. The number of para-hydroxylation sites is 1. The van der Waals surface area contributed by atoms with Crippen molar-refractivity contribution < 1.29 is 9.53 Å². The molecule has 0 aliphatic carbocycles. The number of nitrogens with zero attached hydrogens (tertiary/aromatic N) is 1. The number of hydrogen-bond donors (Lipinski definition) is 2. The van der Waals surface area contributed by atoms with Crippen LogP contribution in [0, 0.1) is 0 Å². The van der Waals surface area contributed by atoms with E-state index in [1.54, 1.807) is 13.8 Å². The highest BCUT2D eigenvalue weighted by Gasteiger charge is 2.36. The molecule has 5 heteroatoms. The van der Waals surface area contributed by atoms with E-state index in [-0.39, 0.29) is 5.91 Å². The van der Waals surface area contributed by atoms with E-state index in [4.69, 9.17) is 4.74 Å². The second kappa shape index (κ2) is 4.42. The molecule has 0 bridgehead atoms. The molecule has 2 heterocycles. The molecule has 0 unspecified atom stereocenters. The van der Waals surface area contributed by atoms with Gasteiger partial charge in [-0.05, 0) is 26.0 Å². The molecule has 1 saturated heterocycles. The van der Waals surface area contributed by atoms with Gasteiger partial charge in [-0.1, -0.05) is 6.07 Å². The number of carbonyl (C=O) groups excluding carboxylic acids is 1. The molecule has 0 atom stereocenters. The zero-order valence-corrected chi connectivity index (χ0v) is 11.3. The number of amides is 1. The second-order valence-corrected chi connectivity index (χ2v) is 5.45. The zero-order chi connectivity index (χ0) is 13.5. The Labute approximate surface area is 112 Å². The Balaban J connectivity index is 1.98. The number of benzene rings is 1. The lowest BCUT2D eigenvalue weighted by molar-refractivity contribution is -0.129. The summed E-state index contributed by atoms with van der Waals surface area (Å²) in [6.07, 6.45) is 0. The van der Waals surface area contributed by atoms with Crippen molar-refractivity contribution in [1.29, 1.82) is 0 Å². The molecule has 0 saturated carbocycles. The van der Waals surface area contributed by atoms with Crippen molar-refractivity contribution in [2.24, 2.45) is 0 Å². The summed E-state index contributed by atoms with van der Waals surface area (Å²) in [6, 6.07) is 5.91. The molecular formula is C14H19N3O2. The van der Waals surface area contributed by atoms with Crippen molar-refractivity contribution in [1.82, 2.24) is 5.32 Å². The van der Waals surface area contributed by atoms with Gasteiger partial charge in [-0.25, -0.2) is 0 Å². The molecule has 3 rings (SSSR count). The number of piperazine rings is 1. The summed E-state index contributed by atoms with van der Waals surface area (Å²) in [5.74, 6) is 0.656. The summed E-state index contributed by atoms with van der Waals surface area (Å²) in [7, 11) is 0. The average Bonchev–Trinajstić information content (AvgIpc) is 2.40. The van der Waals surface area contributed by atoms with E-state index in [9.17, 15) is 4.79 Å². The minimum Gasteiger partial charge on any atom is -0.476 e. The third-order valence-corrected chi connectivity index (χ3v) is 3.61. The predicted molar refractivity (Wildman–Crippen MR) is 74.9 cm³/mol. The first-order chi connectivity index (χ1) is 9.08. The minimum absolute atomic E-state index is 0.0948. The van der Waals surface area contributed by atoms with E-state index >= 15 is 0 Å². The number of anilines is 2. The molecule has 2 aliphatic rings. The molecule has 0 radical (unpaired) electrons. The molecular weight excluding hydrogens is 242 g/mol. The third kappa shape index (κ3) is 2.14. The van der Waals surface area contributed by atoms with Crippen molar-refractivity contribution in [3.05, 3.63) is 18.2 Å². The summed E-state index contributed by atoms with van der Waals surface area (Å²) >= 11 is 0. The number of rotatable bonds is 1. The molecule has 5 nitrogen and oxygen atoms in total. The van der Waals surface area contributed by atoms with E-state index in [0.717, 1.165) is 43.3 Å². The van der Waals surface area contributed by atoms with Gasteiger partial charge in [0.05, 0.1) is 5.69 Å². The van der Waals surface area contributed by atoms with Crippen molar-refractivity contribution in [2.75, 3.05) is 36.4 Å². The third-order valence-electron chi connectivity index (χ3n) is 3.61. The molecule has 102 valence electrons. The van der Waals surface area contributed by atoms with Crippen LogP contribution in [0.2, 0.25) is 0 Å². The minimum atomic E-state index is -0.810. The van der Waals surface area contributed by atoms with Crippen LogP contribution in [-0.2, 0) is 4.79 Å². The van der Waals surface area contributed by atoms with Crippen LogP contribution in [0.5, 0.6) is 5.75 Å². The fourth-order valence-electron chi connectivity index (χ4n) is 2.48. The number of ether oxygens (including phenoxy) is 1. The SMILES string of the molecule is CC1(C)Oc2cccc(N3CCNCC3)c2NC1=O. The lowest BCUT2D eigenvalue weighted by Crippen LogP contribution is -2.47. The molecule has 2 aliphatic heterocycles. The second-order valence-electron chi connectivity index (χ2n) is 5.45. The maximum atomic E-state index is 12.0. The first kappa shape index (κ1) is 12.3. The average molecular weight is 261 g/mol. The normalized spacial score (nSPS) is 21.4. The lowest BCUT2D eigenvalue weighted by Gasteiger charge is -2.36. The molecule has 1 fully saturated rings. The molecule has 2 N–H and O–H groups in total. The molecule has 19 heavy (non-hydrogen) atoms. The first-order valence-electron chi connectivity index (χ1n) is 6.67. The molecule has 0 aromatic heterocycles. The Bertz CT molecular complexity index is 507. The van der Waals surface area contributed by atoms with Crippen LogP contribution in [0.25, 0.3) is 0 Å². The molecule has 1 aromatic carbocycles. The van der Waals surface area contributed by atoms with E-state index in [2.05, 4.69) is 15.5 Å². The van der Waals surface area contributed by atoms with Crippen molar-refractivity contribution in [3.63, 3.8) is 0 Å². The van der Waals surface area contributed by atoms with Gasteiger partial charge in [-0.3, -0.25) is 4.79 Å². The molecule has 1 aromatic rings. The first-order valence-corrected chi connectivity index (χ1v) is 6.67. The number of hydrogen-bond acceptors (Lipinski definition) is 4. The Morgan fingerprint density at radius 3 is 2.74 bits per heavy atom. The Morgan fingerprint density at radius 2 is 2.00 bits per heavy atom. The van der Waals surface area contributed by atoms with Gasteiger partial charge in [0.2, 0.25) is 0 Å². The van der Waals surface area contributed by atoms with E-state index in [1.807, 2.05) is 18.2 Å². The Hall–Kier alpha value is -1.75. The smallest absolute Gasteiger partial charge is 0.268 e. The maximum absolute atomic E-state index is 12.0. The molecule has 0 spiro atoms. The van der Waals surface area contributed by atoms with Gasteiger partial charge in [0.25, 0.3) is 5.91 Å². The van der Waals surface area contributed by atoms with Crippen molar-refractivity contribution in [2.45, 2.75) is 19.4 Å². The van der Waals surface area contributed by atoms with Gasteiger partial charge in [0.15, 0.2) is 5.60 Å². The Kier molecular flexibility index (Phi) is 2.86. The lowest BCUT2D eigenvalue weighted by atomic mass is 10.0. The van der Waals surface area contributed by atoms with Gasteiger partial charge in [-0.2, -0.15) is 0 Å². The van der Waals surface area contributed by atoms with E-state index in [1.165, 1.54) is 0 Å². The van der Waals surface area contributed by atoms with Crippen molar-refractivity contribution >= 4 is 17.3 Å².